The summed E-state index contributed by atoms with van der Waals surface area (Å²) in [6, 6.07) is 83.7. The number of fused-ring (bicyclic) bond motifs is 9. The van der Waals surface area contributed by atoms with Crippen molar-refractivity contribution in [3.8, 4) is 22.3 Å². The Labute approximate surface area is 475 Å². The van der Waals surface area contributed by atoms with Gasteiger partial charge in [-0.3, -0.25) is 0 Å². The van der Waals surface area contributed by atoms with Crippen LogP contribution in [0.2, 0.25) is 0 Å². The average molecular weight is 1050 g/mol. The monoisotopic (exact) mass is 1050 g/mol. The van der Waals surface area contributed by atoms with Crippen LogP contribution in [0.3, 0.4) is 0 Å². The molecule has 0 fully saturated rings. The van der Waals surface area contributed by atoms with E-state index in [4.69, 9.17) is 4.42 Å². The van der Waals surface area contributed by atoms with Crippen LogP contribution in [0.4, 0.5) is 51.2 Å². The molecule has 0 unspecified atom stereocenters. The largest absolute Gasteiger partial charge is 0.454 e. The number of nitrogens with zero attached hydrogens (tertiary/aromatic N) is 3. The summed E-state index contributed by atoms with van der Waals surface area (Å²) in [5, 5.41) is 3.55. The Hall–Kier alpha value is -8.58. The van der Waals surface area contributed by atoms with Gasteiger partial charge >= 0.3 is 0 Å². The molecule has 0 N–H and O–H groups in total. The Morgan fingerprint density at radius 1 is 0.450 bits per heavy atom. The second kappa shape index (κ2) is 18.5. The molecular weight excluding hydrogens is 990 g/mol. The van der Waals surface area contributed by atoms with E-state index in [1.165, 1.54) is 70.5 Å². The van der Waals surface area contributed by atoms with Crippen LogP contribution in [0.25, 0.3) is 54.3 Å². The highest BCUT2D eigenvalue weighted by Crippen LogP contribution is 2.52. The van der Waals surface area contributed by atoms with Crippen molar-refractivity contribution in [2.24, 2.45) is 0 Å². The molecule has 0 saturated carbocycles. The quantitative estimate of drug-likeness (QED) is 0.148. The first-order valence-corrected chi connectivity index (χ1v) is 29.0. The van der Waals surface area contributed by atoms with Gasteiger partial charge in [0.05, 0.1) is 17.1 Å². The van der Waals surface area contributed by atoms with Crippen LogP contribution in [-0.4, -0.2) is 6.71 Å². The molecule has 0 amide bonds. The van der Waals surface area contributed by atoms with Crippen molar-refractivity contribution in [2.75, 3.05) is 14.7 Å². The molecule has 4 heterocycles. The molecule has 0 radical (unpaired) electrons. The van der Waals surface area contributed by atoms with Gasteiger partial charge in [-0.2, -0.15) is 0 Å². The van der Waals surface area contributed by atoms with Crippen molar-refractivity contribution in [2.45, 2.75) is 78.6 Å². The third kappa shape index (κ3) is 8.09. The maximum absolute atomic E-state index is 7.23. The highest BCUT2D eigenvalue weighted by molar-refractivity contribution is 7.33. The fraction of sp³-hybridized carbons (Fsp3) is 0.162. The molecule has 2 aromatic heterocycles. The third-order valence-corrected chi connectivity index (χ3v) is 17.9. The average Bonchev–Trinajstić information content (AvgIpc) is 3.58. The number of hydrogen-bond acceptors (Lipinski definition) is 5. The maximum Gasteiger partial charge on any atom is 0.264 e. The van der Waals surface area contributed by atoms with Gasteiger partial charge in [-0.05, 0) is 139 Å². The van der Waals surface area contributed by atoms with Crippen LogP contribution in [0, 0.1) is 0 Å². The molecule has 6 heteroatoms. The van der Waals surface area contributed by atoms with Crippen LogP contribution in [0.1, 0.15) is 79.0 Å². The molecular formula is C74H64BN3OS. The minimum Gasteiger partial charge on any atom is -0.454 e. The molecule has 390 valence electrons. The van der Waals surface area contributed by atoms with Crippen molar-refractivity contribution in [1.29, 1.82) is 0 Å². The van der Waals surface area contributed by atoms with E-state index in [0.717, 1.165) is 67.3 Å². The molecule has 80 heavy (non-hydrogen) atoms. The lowest BCUT2D eigenvalue weighted by Gasteiger charge is -2.43. The molecule has 2 aliphatic heterocycles. The van der Waals surface area contributed by atoms with Gasteiger partial charge in [-0.15, -0.1) is 11.3 Å². The Bertz CT molecular complexity index is 4360. The molecule has 14 rings (SSSR count). The molecule has 0 bridgehead atoms. The summed E-state index contributed by atoms with van der Waals surface area (Å²) in [6.45, 7) is 20.6. The number of rotatable bonds is 7. The summed E-state index contributed by atoms with van der Waals surface area (Å²) in [5.74, 6) is 0. The fourth-order valence-corrected chi connectivity index (χ4v) is 14.0. The van der Waals surface area contributed by atoms with Gasteiger partial charge in [-0.25, -0.2) is 0 Å². The van der Waals surface area contributed by atoms with E-state index in [2.05, 4.69) is 301 Å². The number of benzene rings is 10. The zero-order valence-electron chi connectivity index (χ0n) is 47.1. The topological polar surface area (TPSA) is 22.9 Å². The first kappa shape index (κ1) is 49.7. The zero-order valence-corrected chi connectivity index (χ0v) is 47.9. The van der Waals surface area contributed by atoms with E-state index in [-0.39, 0.29) is 23.0 Å². The number of para-hydroxylation sites is 2. The molecule has 10 aromatic carbocycles. The molecule has 0 aliphatic carbocycles. The molecule has 0 saturated heterocycles. The SMILES string of the molecule is CC(C)(C)c1ccc(N(c2ccc3c(c2)N(c2ccc(C(C)(C)C)c4c2oc2ccccc24)c2cccc4c2B3c2sc3ccc(-c5ccccc5)cc3c2N4c2ccc(C(C)(C)C)cc2)c2ccccc2-c2ccccc2)cc1. The summed E-state index contributed by atoms with van der Waals surface area (Å²) in [7, 11) is 0. The number of hydrogen-bond donors (Lipinski definition) is 0. The van der Waals surface area contributed by atoms with Gasteiger partial charge < -0.3 is 19.1 Å². The lowest BCUT2D eigenvalue weighted by molar-refractivity contribution is 0.590. The standard InChI is InChI=1S/C74H64BN3OS/c1-72(2,3)50-32-36-52(37-33-50)76(60-27-18-16-25-55(60)48-23-14-11-15-24-48)54-40-42-59-64(46-54)78(63-43-41-58(74(7,8)9)67-56-26-17-19-30-65(56)79-70(63)67)62-29-20-28-61-68(62)75(59)71-69(77(61)53-38-34-51(35-39-53)73(4,5)6)57-45-49(31-44-66(57)80-71)47-21-12-10-13-22-47/h10-46H,1-9H3. The van der Waals surface area contributed by atoms with Gasteiger partial charge in [0, 0.05) is 65.3 Å². The maximum atomic E-state index is 7.23. The highest BCUT2D eigenvalue weighted by Gasteiger charge is 2.46. The zero-order chi connectivity index (χ0) is 54.8. The van der Waals surface area contributed by atoms with E-state index in [1.54, 1.807) is 0 Å². The Morgan fingerprint density at radius 2 is 1.07 bits per heavy atom. The lowest BCUT2D eigenvalue weighted by atomic mass is 9.36. The smallest absolute Gasteiger partial charge is 0.264 e. The summed E-state index contributed by atoms with van der Waals surface area (Å²) in [5.41, 5.74) is 22.8. The van der Waals surface area contributed by atoms with Gasteiger partial charge in [0.2, 0.25) is 0 Å². The van der Waals surface area contributed by atoms with E-state index in [0.29, 0.717) is 0 Å². The van der Waals surface area contributed by atoms with Crippen LogP contribution in [0.5, 0.6) is 0 Å². The van der Waals surface area contributed by atoms with Gasteiger partial charge in [-0.1, -0.05) is 208 Å². The van der Waals surface area contributed by atoms with Gasteiger partial charge in [0.1, 0.15) is 5.58 Å². The molecule has 2 aliphatic rings. The molecule has 4 nitrogen and oxygen atoms in total. The highest BCUT2D eigenvalue weighted by atomic mass is 32.1. The van der Waals surface area contributed by atoms with Crippen molar-refractivity contribution < 1.29 is 4.42 Å². The minimum absolute atomic E-state index is 0.00489. The predicted molar refractivity (Wildman–Crippen MR) is 345 cm³/mol. The summed E-state index contributed by atoms with van der Waals surface area (Å²) in [6.07, 6.45) is 0. The Morgan fingerprint density at radius 3 is 1.77 bits per heavy atom. The second-order valence-electron chi connectivity index (χ2n) is 24.9. The van der Waals surface area contributed by atoms with Crippen LogP contribution >= 0.6 is 11.3 Å². The van der Waals surface area contributed by atoms with Gasteiger partial charge in [0.25, 0.3) is 6.71 Å². The summed E-state index contributed by atoms with van der Waals surface area (Å²) in [4.78, 5) is 7.59. The second-order valence-corrected chi connectivity index (χ2v) is 26.0. The third-order valence-electron chi connectivity index (χ3n) is 16.7. The molecule has 0 atom stereocenters. The first-order valence-electron chi connectivity index (χ1n) is 28.2. The number of anilines is 9. The Kier molecular flexibility index (Phi) is 11.5. The van der Waals surface area contributed by atoms with Gasteiger partial charge in [0.15, 0.2) is 5.58 Å². The normalized spacial score (nSPS) is 13.2. The summed E-state index contributed by atoms with van der Waals surface area (Å²) >= 11 is 1.94. The lowest BCUT2D eigenvalue weighted by Crippen LogP contribution is -2.60. The Balaban J connectivity index is 1.08. The number of thiophene rings is 1. The summed E-state index contributed by atoms with van der Waals surface area (Å²) < 4.78 is 9.83. The van der Waals surface area contributed by atoms with Crippen molar-refractivity contribution in [1.82, 2.24) is 0 Å². The number of furan rings is 1. The van der Waals surface area contributed by atoms with Crippen LogP contribution in [0.15, 0.2) is 229 Å². The fourth-order valence-electron chi connectivity index (χ4n) is 12.7. The van der Waals surface area contributed by atoms with Crippen molar-refractivity contribution in [3.63, 3.8) is 0 Å². The van der Waals surface area contributed by atoms with Crippen LogP contribution < -0.4 is 30.4 Å². The predicted octanol–water partition coefficient (Wildman–Crippen LogP) is 19.6. The van der Waals surface area contributed by atoms with Crippen molar-refractivity contribution >= 4 is 117 Å². The molecule has 0 spiro atoms. The van der Waals surface area contributed by atoms with E-state index in [9.17, 15) is 0 Å². The van der Waals surface area contributed by atoms with E-state index >= 15 is 0 Å². The molecule has 12 aromatic rings. The van der Waals surface area contributed by atoms with Crippen molar-refractivity contribution in [3.05, 3.63) is 241 Å². The van der Waals surface area contributed by atoms with E-state index in [1.807, 2.05) is 11.3 Å². The minimum atomic E-state index is -0.149. The van der Waals surface area contributed by atoms with Crippen LogP contribution in [-0.2, 0) is 16.2 Å². The first-order chi connectivity index (χ1) is 38.6. The van der Waals surface area contributed by atoms with E-state index < -0.39 is 0 Å².